The van der Waals surface area contributed by atoms with E-state index in [1.165, 1.54) is 0 Å². The van der Waals surface area contributed by atoms with E-state index in [0.29, 0.717) is 21.8 Å². The smallest absolute Gasteiger partial charge is 0.224 e. The number of carbonyl (C=O) groups excluding carboxylic acids is 1. The molecule has 0 aliphatic heterocycles. The van der Waals surface area contributed by atoms with E-state index < -0.39 is 0 Å². The van der Waals surface area contributed by atoms with Crippen LogP contribution >= 0.6 is 34.8 Å². The fourth-order valence-electron chi connectivity index (χ4n) is 1.48. The predicted octanol–water partition coefficient (Wildman–Crippen LogP) is 3.92. The lowest BCUT2D eigenvalue weighted by Gasteiger charge is -2.19. The van der Waals surface area contributed by atoms with Crippen LogP contribution < -0.4 is 5.32 Å². The third-order valence-electron chi connectivity index (χ3n) is 2.67. The highest BCUT2D eigenvalue weighted by Crippen LogP contribution is 2.22. The van der Waals surface area contributed by atoms with E-state index in [9.17, 15) is 4.79 Å². The van der Waals surface area contributed by atoms with Gasteiger partial charge in [0.1, 0.15) is 0 Å². The van der Waals surface area contributed by atoms with E-state index in [-0.39, 0.29) is 18.4 Å². The second kappa shape index (κ2) is 7.22. The van der Waals surface area contributed by atoms with Crippen LogP contribution in [0, 0.1) is 5.92 Å². The first-order valence-corrected chi connectivity index (χ1v) is 7.02. The summed E-state index contributed by atoms with van der Waals surface area (Å²) >= 11 is 17.5. The van der Waals surface area contributed by atoms with Crippen molar-refractivity contribution in [3.8, 4) is 0 Å². The molecule has 5 heteroatoms. The Labute approximate surface area is 123 Å². The van der Waals surface area contributed by atoms with Crippen LogP contribution in [-0.2, 0) is 11.2 Å². The first-order chi connectivity index (χ1) is 8.43. The standard InChI is InChI=1S/C13H16Cl3NO/c1-8(2)12(7-14)17-13(18)6-9-3-4-10(15)11(16)5-9/h3-5,8,12H,6-7H2,1-2H3,(H,17,18). The Morgan fingerprint density at radius 3 is 2.44 bits per heavy atom. The third-order valence-corrected chi connectivity index (χ3v) is 3.74. The molecule has 18 heavy (non-hydrogen) atoms. The summed E-state index contributed by atoms with van der Waals surface area (Å²) in [6.07, 6.45) is 0.275. The van der Waals surface area contributed by atoms with Gasteiger partial charge in [0.05, 0.1) is 16.5 Å². The molecule has 1 N–H and O–H groups in total. The lowest BCUT2D eigenvalue weighted by atomic mass is 10.1. The summed E-state index contributed by atoms with van der Waals surface area (Å²) in [6, 6.07) is 5.17. The molecule has 0 bridgehead atoms. The average molecular weight is 309 g/mol. The SMILES string of the molecule is CC(C)C(CCl)NC(=O)Cc1ccc(Cl)c(Cl)c1. The molecule has 1 aromatic carbocycles. The van der Waals surface area contributed by atoms with Gasteiger partial charge in [0.15, 0.2) is 0 Å². The number of benzene rings is 1. The van der Waals surface area contributed by atoms with Gasteiger partial charge in [-0.05, 0) is 23.6 Å². The minimum Gasteiger partial charge on any atom is -0.352 e. The monoisotopic (exact) mass is 307 g/mol. The second-order valence-electron chi connectivity index (χ2n) is 4.50. The summed E-state index contributed by atoms with van der Waals surface area (Å²) in [5.41, 5.74) is 0.832. The van der Waals surface area contributed by atoms with E-state index in [1.54, 1.807) is 18.2 Å². The molecule has 0 saturated carbocycles. The van der Waals surface area contributed by atoms with Crippen LogP contribution in [0.2, 0.25) is 10.0 Å². The maximum atomic E-state index is 11.8. The van der Waals surface area contributed by atoms with E-state index >= 15 is 0 Å². The van der Waals surface area contributed by atoms with Crippen molar-refractivity contribution in [3.63, 3.8) is 0 Å². The number of rotatable bonds is 5. The Bertz CT molecular complexity index is 421. The number of carbonyl (C=O) groups is 1. The Hall–Kier alpha value is -0.440. The van der Waals surface area contributed by atoms with Crippen LogP contribution in [0.1, 0.15) is 19.4 Å². The zero-order valence-electron chi connectivity index (χ0n) is 10.3. The summed E-state index contributed by atoms with van der Waals surface area (Å²) in [5.74, 6) is 0.651. The van der Waals surface area contributed by atoms with Gasteiger partial charge >= 0.3 is 0 Å². The van der Waals surface area contributed by atoms with Crippen molar-refractivity contribution in [1.82, 2.24) is 5.32 Å². The number of hydrogen-bond donors (Lipinski definition) is 1. The largest absolute Gasteiger partial charge is 0.352 e. The fourth-order valence-corrected chi connectivity index (χ4v) is 2.23. The zero-order chi connectivity index (χ0) is 13.7. The molecule has 0 spiro atoms. The van der Waals surface area contributed by atoms with Crippen LogP contribution in [0.4, 0.5) is 0 Å². The molecule has 1 atom stereocenters. The molecular weight excluding hydrogens is 293 g/mol. The molecule has 0 radical (unpaired) electrons. The molecule has 0 aliphatic carbocycles. The van der Waals surface area contributed by atoms with Crippen molar-refractivity contribution in [3.05, 3.63) is 33.8 Å². The molecule has 2 nitrogen and oxygen atoms in total. The van der Waals surface area contributed by atoms with Gasteiger partial charge in [-0.3, -0.25) is 4.79 Å². The van der Waals surface area contributed by atoms with Gasteiger partial charge in [-0.25, -0.2) is 0 Å². The fraction of sp³-hybridized carbons (Fsp3) is 0.462. The van der Waals surface area contributed by atoms with Gasteiger partial charge in [-0.2, -0.15) is 0 Å². The van der Waals surface area contributed by atoms with Crippen molar-refractivity contribution in [2.24, 2.45) is 5.92 Å². The van der Waals surface area contributed by atoms with E-state index in [4.69, 9.17) is 34.8 Å². The number of halogens is 3. The van der Waals surface area contributed by atoms with Crippen LogP contribution in [0.25, 0.3) is 0 Å². The summed E-state index contributed by atoms with van der Waals surface area (Å²) in [4.78, 5) is 11.8. The number of amides is 1. The van der Waals surface area contributed by atoms with E-state index in [1.807, 2.05) is 13.8 Å². The van der Waals surface area contributed by atoms with Gasteiger partial charge in [-0.1, -0.05) is 43.1 Å². The summed E-state index contributed by atoms with van der Waals surface area (Å²) in [5, 5.41) is 3.85. The lowest BCUT2D eigenvalue weighted by molar-refractivity contribution is -0.121. The molecular formula is C13H16Cl3NO. The highest BCUT2D eigenvalue weighted by molar-refractivity contribution is 6.42. The van der Waals surface area contributed by atoms with Crippen molar-refractivity contribution in [2.75, 3.05) is 5.88 Å². The molecule has 1 rings (SSSR count). The molecule has 0 saturated heterocycles. The van der Waals surface area contributed by atoms with E-state index in [0.717, 1.165) is 5.56 Å². The lowest BCUT2D eigenvalue weighted by Crippen LogP contribution is -2.40. The highest BCUT2D eigenvalue weighted by atomic mass is 35.5. The summed E-state index contributed by atoms with van der Waals surface area (Å²) in [7, 11) is 0. The van der Waals surface area contributed by atoms with Crippen molar-refractivity contribution in [1.29, 1.82) is 0 Å². The molecule has 1 unspecified atom stereocenters. The predicted molar refractivity (Wildman–Crippen MR) is 77.7 cm³/mol. The molecule has 0 heterocycles. The van der Waals surface area contributed by atoms with E-state index in [2.05, 4.69) is 5.32 Å². The maximum absolute atomic E-state index is 11.8. The third kappa shape index (κ3) is 4.68. The molecule has 0 aliphatic rings. The van der Waals surface area contributed by atoms with Crippen molar-refractivity contribution in [2.45, 2.75) is 26.3 Å². The Morgan fingerprint density at radius 1 is 1.28 bits per heavy atom. The molecule has 1 aromatic rings. The van der Waals surface area contributed by atoms with Crippen molar-refractivity contribution < 1.29 is 4.79 Å². The second-order valence-corrected chi connectivity index (χ2v) is 5.62. The van der Waals surface area contributed by atoms with Crippen LogP contribution in [0.5, 0.6) is 0 Å². The zero-order valence-corrected chi connectivity index (χ0v) is 12.6. The number of nitrogens with one attached hydrogen (secondary N) is 1. The molecule has 0 aromatic heterocycles. The molecule has 100 valence electrons. The first-order valence-electron chi connectivity index (χ1n) is 5.73. The van der Waals surface area contributed by atoms with Crippen LogP contribution in [0.3, 0.4) is 0 Å². The summed E-state index contributed by atoms with van der Waals surface area (Å²) < 4.78 is 0. The van der Waals surface area contributed by atoms with Gasteiger partial charge in [0.2, 0.25) is 5.91 Å². The maximum Gasteiger partial charge on any atom is 0.224 e. The Balaban J connectivity index is 2.61. The average Bonchev–Trinajstić information content (AvgIpc) is 2.30. The normalized spacial score (nSPS) is 12.6. The topological polar surface area (TPSA) is 29.1 Å². The quantitative estimate of drug-likeness (QED) is 0.821. The highest BCUT2D eigenvalue weighted by Gasteiger charge is 2.15. The van der Waals surface area contributed by atoms with Gasteiger partial charge in [-0.15, -0.1) is 11.6 Å². The van der Waals surface area contributed by atoms with Gasteiger partial charge < -0.3 is 5.32 Å². The van der Waals surface area contributed by atoms with Crippen molar-refractivity contribution >= 4 is 40.7 Å². The summed E-state index contributed by atoms with van der Waals surface area (Å²) in [6.45, 7) is 4.04. The number of alkyl halides is 1. The van der Waals surface area contributed by atoms with Gasteiger partial charge in [0, 0.05) is 11.9 Å². The number of hydrogen-bond acceptors (Lipinski definition) is 1. The Morgan fingerprint density at radius 2 is 1.94 bits per heavy atom. The minimum absolute atomic E-state index is 0.0121. The molecule has 0 fully saturated rings. The first kappa shape index (κ1) is 15.6. The van der Waals surface area contributed by atoms with Crippen LogP contribution in [0.15, 0.2) is 18.2 Å². The Kier molecular flexibility index (Phi) is 6.27. The van der Waals surface area contributed by atoms with Gasteiger partial charge in [0.25, 0.3) is 0 Å². The van der Waals surface area contributed by atoms with Crippen LogP contribution in [-0.4, -0.2) is 17.8 Å². The minimum atomic E-state index is -0.0623. The molecule has 1 amide bonds.